The highest BCUT2D eigenvalue weighted by molar-refractivity contribution is 7.92. The van der Waals surface area contributed by atoms with Gasteiger partial charge in [-0.2, -0.15) is 0 Å². The van der Waals surface area contributed by atoms with Crippen LogP contribution in [0.15, 0.2) is 47.4 Å². The van der Waals surface area contributed by atoms with E-state index in [-0.39, 0.29) is 36.1 Å². The first kappa shape index (κ1) is 19.5. The van der Waals surface area contributed by atoms with E-state index in [1.165, 1.54) is 12.1 Å². The van der Waals surface area contributed by atoms with Crippen molar-refractivity contribution < 1.29 is 22.0 Å². The second-order valence-corrected chi connectivity index (χ2v) is 9.37. The molecule has 1 aliphatic carbocycles. The monoisotopic (exact) mass is 393 g/mol. The summed E-state index contributed by atoms with van der Waals surface area (Å²) in [5.74, 6) is -2.45. The fourth-order valence-electron chi connectivity index (χ4n) is 3.84. The third kappa shape index (κ3) is 3.36. The Labute approximate surface area is 157 Å². The lowest BCUT2D eigenvalue weighted by Gasteiger charge is -2.39. The summed E-state index contributed by atoms with van der Waals surface area (Å²) in [6, 6.07) is 9.13. The van der Waals surface area contributed by atoms with E-state index in [4.69, 9.17) is 5.73 Å². The zero-order valence-electron chi connectivity index (χ0n) is 14.9. The van der Waals surface area contributed by atoms with E-state index < -0.39 is 38.0 Å². The second-order valence-electron chi connectivity index (χ2n) is 7.11. The number of nitrogens with two attached hydrogens (primary N) is 1. The molecule has 1 amide bonds. The second kappa shape index (κ2) is 7.03. The van der Waals surface area contributed by atoms with Crippen LogP contribution in [0.2, 0.25) is 0 Å². The van der Waals surface area contributed by atoms with Gasteiger partial charge in [-0.1, -0.05) is 17.7 Å². The summed E-state index contributed by atoms with van der Waals surface area (Å²) in [7, 11) is -4.04. The van der Waals surface area contributed by atoms with Gasteiger partial charge in [-0.3, -0.25) is 4.79 Å². The van der Waals surface area contributed by atoms with Crippen molar-refractivity contribution in [3.63, 3.8) is 0 Å². The molecule has 0 aliphatic heterocycles. The van der Waals surface area contributed by atoms with Gasteiger partial charge in [0.1, 0.15) is 16.4 Å². The molecule has 2 aromatic rings. The molecule has 144 valence electrons. The molecule has 2 N–H and O–H groups in total. The van der Waals surface area contributed by atoms with Crippen LogP contribution in [0.1, 0.15) is 36.8 Å². The van der Waals surface area contributed by atoms with E-state index >= 15 is 0 Å². The lowest BCUT2D eigenvalue weighted by molar-refractivity contribution is -0.122. The Bertz CT molecular complexity index is 963. The molecule has 0 heterocycles. The summed E-state index contributed by atoms with van der Waals surface area (Å²) in [5.41, 5.74) is 6.06. The van der Waals surface area contributed by atoms with Crippen molar-refractivity contribution in [1.82, 2.24) is 0 Å². The van der Waals surface area contributed by atoms with E-state index in [1.54, 1.807) is 12.1 Å². The molecule has 0 radical (unpaired) electrons. The summed E-state index contributed by atoms with van der Waals surface area (Å²) in [6.07, 6.45) is 0.404. The van der Waals surface area contributed by atoms with E-state index in [9.17, 15) is 22.0 Å². The minimum absolute atomic E-state index is 0.00279. The zero-order valence-corrected chi connectivity index (χ0v) is 15.7. The van der Waals surface area contributed by atoms with E-state index in [1.807, 2.05) is 6.92 Å². The number of benzene rings is 2. The SMILES string of the molecule is Cc1ccc(S(=O)(=O)C2(c3cc(F)ccc3F)CCC(C(N)=O)CC2)cc1. The first-order valence-corrected chi connectivity index (χ1v) is 10.2. The predicted octanol–water partition coefficient (Wildman–Crippen LogP) is 3.62. The zero-order chi connectivity index (χ0) is 19.8. The maximum absolute atomic E-state index is 14.6. The highest BCUT2D eigenvalue weighted by atomic mass is 32.2. The number of primary amides is 1. The van der Waals surface area contributed by atoms with Gasteiger partial charge in [-0.15, -0.1) is 0 Å². The molecule has 0 unspecified atom stereocenters. The fraction of sp³-hybridized carbons (Fsp3) is 0.350. The lowest BCUT2D eigenvalue weighted by atomic mass is 9.77. The largest absolute Gasteiger partial charge is 0.369 e. The summed E-state index contributed by atoms with van der Waals surface area (Å²) in [4.78, 5) is 11.6. The van der Waals surface area contributed by atoms with Crippen LogP contribution in [0, 0.1) is 24.5 Å². The smallest absolute Gasteiger partial charge is 0.220 e. The molecule has 1 saturated carbocycles. The van der Waals surface area contributed by atoms with Gasteiger partial charge in [-0.25, -0.2) is 17.2 Å². The molecule has 27 heavy (non-hydrogen) atoms. The van der Waals surface area contributed by atoms with E-state index in [2.05, 4.69) is 0 Å². The molecule has 0 spiro atoms. The van der Waals surface area contributed by atoms with Crippen molar-refractivity contribution in [2.45, 2.75) is 42.2 Å². The lowest BCUT2D eigenvalue weighted by Crippen LogP contribution is -2.42. The number of carbonyl (C=O) groups excluding carboxylic acids is 1. The Morgan fingerprint density at radius 3 is 2.22 bits per heavy atom. The third-order valence-electron chi connectivity index (χ3n) is 5.46. The van der Waals surface area contributed by atoms with Gasteiger partial charge in [-0.05, 0) is 62.9 Å². The molecule has 0 bridgehead atoms. The Balaban J connectivity index is 2.18. The quantitative estimate of drug-likeness (QED) is 0.862. The number of hydrogen-bond donors (Lipinski definition) is 1. The maximum atomic E-state index is 14.6. The molecule has 1 fully saturated rings. The number of halogens is 2. The van der Waals surface area contributed by atoms with Crippen LogP contribution in [0.3, 0.4) is 0 Å². The Morgan fingerprint density at radius 1 is 1.07 bits per heavy atom. The van der Waals surface area contributed by atoms with Gasteiger partial charge in [0.05, 0.1) is 4.90 Å². The summed E-state index contributed by atoms with van der Waals surface area (Å²) in [6.45, 7) is 1.83. The molecule has 4 nitrogen and oxygen atoms in total. The van der Waals surface area contributed by atoms with Gasteiger partial charge in [0.2, 0.25) is 5.91 Å². The standard InChI is InChI=1S/C20H21F2NO3S/c1-13-2-5-16(6-3-13)27(25,26)20(10-8-14(9-11-20)19(23)24)17-12-15(21)4-7-18(17)22/h2-7,12,14H,8-11H2,1H3,(H2,23,24). The van der Waals surface area contributed by atoms with Crippen molar-refractivity contribution in [3.05, 3.63) is 65.2 Å². The van der Waals surface area contributed by atoms with Crippen LogP contribution >= 0.6 is 0 Å². The van der Waals surface area contributed by atoms with Crippen molar-refractivity contribution in [2.75, 3.05) is 0 Å². The van der Waals surface area contributed by atoms with Crippen LogP contribution in [0.5, 0.6) is 0 Å². The van der Waals surface area contributed by atoms with E-state index in [0.717, 1.165) is 23.8 Å². The maximum Gasteiger partial charge on any atom is 0.220 e. The highest BCUT2D eigenvalue weighted by Crippen LogP contribution is 2.49. The minimum Gasteiger partial charge on any atom is -0.369 e. The van der Waals surface area contributed by atoms with Gasteiger partial charge < -0.3 is 5.73 Å². The average molecular weight is 393 g/mol. The number of carbonyl (C=O) groups is 1. The summed E-state index contributed by atoms with van der Waals surface area (Å²) >= 11 is 0. The van der Waals surface area contributed by atoms with Crippen molar-refractivity contribution in [3.8, 4) is 0 Å². The first-order chi connectivity index (χ1) is 12.7. The van der Waals surface area contributed by atoms with E-state index in [0.29, 0.717) is 0 Å². The minimum atomic E-state index is -4.04. The molecule has 7 heteroatoms. The molecule has 0 saturated heterocycles. The first-order valence-electron chi connectivity index (χ1n) is 8.73. The van der Waals surface area contributed by atoms with Crippen LogP contribution in [0.25, 0.3) is 0 Å². The number of amides is 1. The molecule has 0 aromatic heterocycles. The molecular weight excluding hydrogens is 372 g/mol. The molecule has 1 aliphatic rings. The van der Waals surface area contributed by atoms with Crippen LogP contribution in [-0.2, 0) is 19.4 Å². The van der Waals surface area contributed by atoms with Gasteiger partial charge in [0, 0.05) is 11.5 Å². The number of rotatable bonds is 4. The normalized spacial score (nSPS) is 23.1. The van der Waals surface area contributed by atoms with Gasteiger partial charge in [0.25, 0.3) is 0 Å². The Morgan fingerprint density at radius 2 is 1.67 bits per heavy atom. The topological polar surface area (TPSA) is 77.2 Å². The number of aryl methyl sites for hydroxylation is 1. The molecular formula is C20H21F2NO3S. The van der Waals surface area contributed by atoms with Gasteiger partial charge in [0.15, 0.2) is 9.84 Å². The van der Waals surface area contributed by atoms with Crippen LogP contribution in [0.4, 0.5) is 8.78 Å². The average Bonchev–Trinajstić information content (AvgIpc) is 2.64. The van der Waals surface area contributed by atoms with Crippen LogP contribution < -0.4 is 5.73 Å². The van der Waals surface area contributed by atoms with Crippen molar-refractivity contribution in [1.29, 1.82) is 0 Å². The van der Waals surface area contributed by atoms with Gasteiger partial charge >= 0.3 is 0 Å². The Hall–Kier alpha value is -2.28. The van der Waals surface area contributed by atoms with Crippen LogP contribution in [-0.4, -0.2) is 14.3 Å². The third-order valence-corrected chi connectivity index (χ3v) is 8.01. The summed E-state index contributed by atoms with van der Waals surface area (Å²) < 4.78 is 54.0. The molecule has 0 atom stereocenters. The Kier molecular flexibility index (Phi) is 5.08. The van der Waals surface area contributed by atoms with Crippen molar-refractivity contribution in [2.24, 2.45) is 11.7 Å². The van der Waals surface area contributed by atoms with Crippen molar-refractivity contribution >= 4 is 15.7 Å². The molecule has 3 rings (SSSR count). The predicted molar refractivity (Wildman–Crippen MR) is 97.6 cm³/mol. The highest BCUT2D eigenvalue weighted by Gasteiger charge is 2.50. The number of hydrogen-bond acceptors (Lipinski definition) is 3. The summed E-state index contributed by atoms with van der Waals surface area (Å²) in [5, 5.41) is 0. The fourth-order valence-corrected chi connectivity index (χ4v) is 6.01. The number of sulfone groups is 1. The molecule has 2 aromatic carbocycles.